The molecule has 1 atom stereocenters. The lowest BCUT2D eigenvalue weighted by Crippen LogP contribution is -2.54. The van der Waals surface area contributed by atoms with Crippen molar-refractivity contribution in [1.82, 2.24) is 4.90 Å². The van der Waals surface area contributed by atoms with Crippen LogP contribution in [0.5, 0.6) is 0 Å². The van der Waals surface area contributed by atoms with Crippen LogP contribution in [-0.4, -0.2) is 48.0 Å². The summed E-state index contributed by atoms with van der Waals surface area (Å²) in [7, 11) is 0. The van der Waals surface area contributed by atoms with Crippen molar-refractivity contribution in [3.8, 4) is 0 Å². The van der Waals surface area contributed by atoms with Gasteiger partial charge in [-0.15, -0.1) is 0 Å². The number of nitrogens with zero attached hydrogens (tertiary/aromatic N) is 1. The Morgan fingerprint density at radius 2 is 2.13 bits per heavy atom. The lowest BCUT2D eigenvalue weighted by atomic mass is 10.0. The minimum atomic E-state index is -0.122. The summed E-state index contributed by atoms with van der Waals surface area (Å²) in [4.78, 5) is 2.41. The third-order valence-electron chi connectivity index (χ3n) is 2.78. The van der Waals surface area contributed by atoms with Crippen molar-refractivity contribution in [2.45, 2.75) is 45.8 Å². The van der Waals surface area contributed by atoms with Crippen molar-refractivity contribution >= 4 is 0 Å². The molecule has 90 valence electrons. The van der Waals surface area contributed by atoms with Crippen molar-refractivity contribution in [1.29, 1.82) is 0 Å². The molecule has 0 saturated carbocycles. The van der Waals surface area contributed by atoms with E-state index in [1.807, 2.05) is 0 Å². The maximum Gasteiger partial charge on any atom is 0.0940 e. The van der Waals surface area contributed by atoms with Gasteiger partial charge in [-0.05, 0) is 32.7 Å². The molecule has 15 heavy (non-hydrogen) atoms. The van der Waals surface area contributed by atoms with Crippen molar-refractivity contribution in [3.63, 3.8) is 0 Å². The number of hydrogen-bond acceptors (Lipinski definition) is 3. The fourth-order valence-corrected chi connectivity index (χ4v) is 2.12. The Hall–Kier alpha value is -0.120. The minimum Gasteiger partial charge on any atom is -0.394 e. The molecule has 0 amide bonds. The zero-order valence-electron chi connectivity index (χ0n) is 10.5. The molecule has 0 aliphatic carbocycles. The van der Waals surface area contributed by atoms with Crippen molar-refractivity contribution in [2.75, 3.05) is 26.2 Å². The maximum absolute atomic E-state index is 9.17. The molecule has 1 saturated heterocycles. The largest absolute Gasteiger partial charge is 0.394 e. The SMILES string of the molecule is CC(C)CCN1CC(CO)OC(C)(C)C1. The van der Waals surface area contributed by atoms with Crippen LogP contribution in [0.25, 0.3) is 0 Å². The van der Waals surface area contributed by atoms with E-state index in [9.17, 15) is 0 Å². The predicted molar refractivity (Wildman–Crippen MR) is 61.9 cm³/mol. The van der Waals surface area contributed by atoms with Crippen LogP contribution in [0.3, 0.4) is 0 Å². The number of morpholine rings is 1. The van der Waals surface area contributed by atoms with E-state index >= 15 is 0 Å². The van der Waals surface area contributed by atoms with Gasteiger partial charge in [0.15, 0.2) is 0 Å². The molecule has 1 fully saturated rings. The highest BCUT2D eigenvalue weighted by atomic mass is 16.5. The van der Waals surface area contributed by atoms with Gasteiger partial charge in [0, 0.05) is 13.1 Å². The van der Waals surface area contributed by atoms with Crippen LogP contribution in [0.2, 0.25) is 0 Å². The first-order valence-electron chi connectivity index (χ1n) is 5.94. The predicted octanol–water partition coefficient (Wildman–Crippen LogP) is 1.50. The van der Waals surface area contributed by atoms with E-state index in [4.69, 9.17) is 9.84 Å². The van der Waals surface area contributed by atoms with Crippen LogP contribution in [0.1, 0.15) is 34.1 Å². The summed E-state index contributed by atoms with van der Waals surface area (Å²) in [5, 5.41) is 9.17. The normalized spacial score (nSPS) is 27.2. The summed E-state index contributed by atoms with van der Waals surface area (Å²) in [6, 6.07) is 0. The van der Waals surface area contributed by atoms with Crippen LogP contribution in [-0.2, 0) is 4.74 Å². The highest BCUT2D eigenvalue weighted by Crippen LogP contribution is 2.21. The topological polar surface area (TPSA) is 32.7 Å². The van der Waals surface area contributed by atoms with E-state index in [0.717, 1.165) is 25.6 Å². The number of ether oxygens (including phenoxy) is 1. The molecular formula is C12H25NO2. The molecule has 1 N–H and O–H groups in total. The van der Waals surface area contributed by atoms with Gasteiger partial charge >= 0.3 is 0 Å². The van der Waals surface area contributed by atoms with E-state index in [2.05, 4.69) is 32.6 Å². The van der Waals surface area contributed by atoms with Crippen LogP contribution in [0.15, 0.2) is 0 Å². The van der Waals surface area contributed by atoms with Crippen LogP contribution in [0.4, 0.5) is 0 Å². The van der Waals surface area contributed by atoms with E-state index in [1.165, 1.54) is 6.42 Å². The molecule has 1 aliphatic heterocycles. The monoisotopic (exact) mass is 215 g/mol. The van der Waals surface area contributed by atoms with Crippen LogP contribution >= 0.6 is 0 Å². The molecule has 1 aliphatic rings. The fraction of sp³-hybridized carbons (Fsp3) is 1.00. The molecule has 0 spiro atoms. The molecule has 1 rings (SSSR count). The highest BCUT2D eigenvalue weighted by molar-refractivity contribution is 4.83. The van der Waals surface area contributed by atoms with Gasteiger partial charge < -0.3 is 9.84 Å². The quantitative estimate of drug-likeness (QED) is 0.771. The molecule has 3 heteroatoms. The molecule has 1 heterocycles. The molecule has 0 aromatic carbocycles. The summed E-state index contributed by atoms with van der Waals surface area (Å²) in [6.07, 6.45) is 1.20. The summed E-state index contributed by atoms with van der Waals surface area (Å²) < 4.78 is 5.77. The average Bonchev–Trinajstić information content (AvgIpc) is 2.12. The highest BCUT2D eigenvalue weighted by Gasteiger charge is 2.32. The zero-order valence-corrected chi connectivity index (χ0v) is 10.5. The molecule has 0 aromatic heterocycles. The fourth-order valence-electron chi connectivity index (χ4n) is 2.12. The van der Waals surface area contributed by atoms with Gasteiger partial charge in [0.2, 0.25) is 0 Å². The van der Waals surface area contributed by atoms with Gasteiger partial charge in [-0.1, -0.05) is 13.8 Å². The Labute approximate surface area is 93.4 Å². The zero-order chi connectivity index (χ0) is 11.5. The second-order valence-corrected chi connectivity index (χ2v) is 5.60. The van der Waals surface area contributed by atoms with Gasteiger partial charge in [0.05, 0.1) is 18.3 Å². The molecule has 3 nitrogen and oxygen atoms in total. The Kier molecular flexibility index (Phi) is 4.56. The smallest absolute Gasteiger partial charge is 0.0940 e. The second kappa shape index (κ2) is 5.28. The summed E-state index contributed by atoms with van der Waals surface area (Å²) in [6.45, 7) is 11.8. The van der Waals surface area contributed by atoms with Crippen molar-refractivity contribution < 1.29 is 9.84 Å². The number of aliphatic hydroxyl groups excluding tert-OH is 1. The lowest BCUT2D eigenvalue weighted by Gasteiger charge is -2.42. The van der Waals surface area contributed by atoms with Gasteiger partial charge in [0.1, 0.15) is 0 Å². The third kappa shape index (κ3) is 4.49. The van der Waals surface area contributed by atoms with Crippen LogP contribution in [0, 0.1) is 5.92 Å². The van der Waals surface area contributed by atoms with Crippen LogP contribution < -0.4 is 0 Å². The van der Waals surface area contributed by atoms with E-state index < -0.39 is 0 Å². The number of rotatable bonds is 4. The Bertz CT molecular complexity index is 192. The number of hydrogen-bond donors (Lipinski definition) is 1. The summed E-state index contributed by atoms with van der Waals surface area (Å²) >= 11 is 0. The molecule has 0 bridgehead atoms. The van der Waals surface area contributed by atoms with E-state index in [1.54, 1.807) is 0 Å². The average molecular weight is 215 g/mol. The minimum absolute atomic E-state index is 0.0130. The summed E-state index contributed by atoms with van der Waals surface area (Å²) in [5.74, 6) is 0.739. The first kappa shape index (κ1) is 12.9. The molecular weight excluding hydrogens is 190 g/mol. The molecule has 0 aromatic rings. The molecule has 0 radical (unpaired) electrons. The molecule has 1 unspecified atom stereocenters. The summed E-state index contributed by atoms with van der Waals surface area (Å²) in [5.41, 5.74) is -0.122. The van der Waals surface area contributed by atoms with Gasteiger partial charge in [0.25, 0.3) is 0 Å². The lowest BCUT2D eigenvalue weighted by molar-refractivity contribution is -0.149. The van der Waals surface area contributed by atoms with Crippen molar-refractivity contribution in [3.05, 3.63) is 0 Å². The van der Waals surface area contributed by atoms with Gasteiger partial charge in [-0.3, -0.25) is 4.90 Å². The standard InChI is InChI=1S/C12H25NO2/c1-10(2)5-6-13-7-11(8-14)15-12(3,4)9-13/h10-11,14H,5-9H2,1-4H3. The second-order valence-electron chi connectivity index (χ2n) is 5.60. The first-order valence-corrected chi connectivity index (χ1v) is 5.94. The van der Waals surface area contributed by atoms with E-state index in [0.29, 0.717) is 0 Å². The van der Waals surface area contributed by atoms with E-state index in [-0.39, 0.29) is 18.3 Å². The Balaban J connectivity index is 2.43. The van der Waals surface area contributed by atoms with Gasteiger partial charge in [-0.25, -0.2) is 0 Å². The maximum atomic E-state index is 9.17. The van der Waals surface area contributed by atoms with Gasteiger partial charge in [-0.2, -0.15) is 0 Å². The Morgan fingerprint density at radius 3 is 2.67 bits per heavy atom. The first-order chi connectivity index (χ1) is 6.93. The third-order valence-corrected chi connectivity index (χ3v) is 2.78. The van der Waals surface area contributed by atoms with Crippen molar-refractivity contribution in [2.24, 2.45) is 5.92 Å². The number of aliphatic hydroxyl groups is 1. The Morgan fingerprint density at radius 1 is 1.47 bits per heavy atom.